The number of hydrogen-bond acceptors (Lipinski definition) is 4. The number of carbonyl (C=O) groups excluding carboxylic acids is 1. The maximum atomic E-state index is 12.4. The molecule has 0 bridgehead atoms. The molecule has 0 aromatic heterocycles. The highest BCUT2D eigenvalue weighted by Gasteiger charge is 2.30. The molecule has 1 amide bonds. The zero-order valence-corrected chi connectivity index (χ0v) is 15.2. The van der Waals surface area contributed by atoms with E-state index >= 15 is 0 Å². The average molecular weight is 354 g/mol. The molecule has 1 unspecified atom stereocenters. The first-order valence-corrected chi connectivity index (χ1v) is 8.62. The molecule has 1 atom stereocenters. The van der Waals surface area contributed by atoms with Crippen LogP contribution in [0.3, 0.4) is 0 Å². The van der Waals surface area contributed by atoms with Crippen molar-refractivity contribution in [2.45, 2.75) is 25.3 Å². The molecular formula is C18H28ClN3O2. The molecule has 3 rings (SSSR count). The van der Waals surface area contributed by atoms with Crippen molar-refractivity contribution in [1.29, 1.82) is 0 Å². The summed E-state index contributed by atoms with van der Waals surface area (Å²) in [5.41, 5.74) is 1.19. The molecule has 1 N–H and O–H groups in total. The summed E-state index contributed by atoms with van der Waals surface area (Å²) in [5.74, 6) is 1.15. The number of nitrogens with one attached hydrogen (secondary N) is 1. The van der Waals surface area contributed by atoms with Crippen LogP contribution in [0.2, 0.25) is 0 Å². The standard InChI is InChI=1S/C18H27N3O2.ClH/c1-23-17-5-2-15(3-6-17)4-7-18(22)21-11-8-16(14-21)20-12-9-19-10-13-20;/h2-3,5-6,16,19H,4,7-14H2,1H3;1H. The minimum absolute atomic E-state index is 0. The Labute approximate surface area is 150 Å². The molecule has 0 spiro atoms. The Balaban J connectivity index is 0.00000208. The van der Waals surface area contributed by atoms with Crippen molar-refractivity contribution in [3.05, 3.63) is 29.8 Å². The largest absolute Gasteiger partial charge is 0.497 e. The molecule has 0 radical (unpaired) electrons. The fourth-order valence-corrected chi connectivity index (χ4v) is 3.52. The monoisotopic (exact) mass is 353 g/mol. The number of amides is 1. The molecule has 2 heterocycles. The van der Waals surface area contributed by atoms with E-state index in [0.717, 1.165) is 57.9 Å². The van der Waals surface area contributed by atoms with Crippen molar-refractivity contribution in [3.63, 3.8) is 0 Å². The second-order valence-electron chi connectivity index (χ2n) is 6.42. The molecule has 134 valence electrons. The minimum Gasteiger partial charge on any atom is -0.497 e. The second kappa shape index (κ2) is 9.25. The number of methoxy groups -OCH3 is 1. The molecule has 0 aliphatic carbocycles. The van der Waals surface area contributed by atoms with Crippen LogP contribution < -0.4 is 10.1 Å². The van der Waals surface area contributed by atoms with Crippen molar-refractivity contribution < 1.29 is 9.53 Å². The summed E-state index contributed by atoms with van der Waals surface area (Å²) in [6.45, 7) is 6.18. The van der Waals surface area contributed by atoms with Crippen molar-refractivity contribution >= 4 is 18.3 Å². The van der Waals surface area contributed by atoms with Gasteiger partial charge in [0.25, 0.3) is 0 Å². The van der Waals surface area contributed by atoms with Gasteiger partial charge in [0.1, 0.15) is 5.75 Å². The molecule has 1 aromatic carbocycles. The van der Waals surface area contributed by atoms with E-state index in [2.05, 4.69) is 15.1 Å². The number of nitrogens with zero attached hydrogens (tertiary/aromatic N) is 2. The number of carbonyl (C=O) groups is 1. The van der Waals surface area contributed by atoms with Gasteiger partial charge in [0.2, 0.25) is 5.91 Å². The molecule has 2 saturated heterocycles. The lowest BCUT2D eigenvalue weighted by atomic mass is 10.1. The Kier molecular flexibility index (Phi) is 7.34. The summed E-state index contributed by atoms with van der Waals surface area (Å²) in [6, 6.07) is 8.55. The van der Waals surface area contributed by atoms with Gasteiger partial charge in [-0.25, -0.2) is 0 Å². The van der Waals surface area contributed by atoms with Gasteiger partial charge in [0, 0.05) is 51.7 Å². The van der Waals surface area contributed by atoms with E-state index in [-0.39, 0.29) is 12.4 Å². The van der Waals surface area contributed by atoms with E-state index in [9.17, 15) is 4.79 Å². The van der Waals surface area contributed by atoms with Crippen LogP contribution in [0.5, 0.6) is 5.75 Å². The summed E-state index contributed by atoms with van der Waals surface area (Å²) < 4.78 is 5.16. The Morgan fingerprint density at radius 1 is 1.21 bits per heavy atom. The summed E-state index contributed by atoms with van der Waals surface area (Å²) in [5, 5.41) is 3.39. The van der Waals surface area contributed by atoms with Gasteiger partial charge >= 0.3 is 0 Å². The summed E-state index contributed by atoms with van der Waals surface area (Å²) in [6.07, 6.45) is 2.52. The number of benzene rings is 1. The summed E-state index contributed by atoms with van der Waals surface area (Å²) in [7, 11) is 1.67. The first-order chi connectivity index (χ1) is 11.3. The molecule has 2 aliphatic rings. The highest BCUT2D eigenvalue weighted by molar-refractivity contribution is 5.85. The Hall–Kier alpha value is -1.30. The van der Waals surface area contributed by atoms with E-state index in [1.807, 2.05) is 24.3 Å². The van der Waals surface area contributed by atoms with Crippen LogP contribution in [-0.4, -0.2) is 68.1 Å². The predicted molar refractivity (Wildman–Crippen MR) is 98.0 cm³/mol. The molecular weight excluding hydrogens is 326 g/mol. The third-order valence-corrected chi connectivity index (χ3v) is 4.97. The van der Waals surface area contributed by atoms with Gasteiger partial charge in [0.05, 0.1) is 7.11 Å². The van der Waals surface area contributed by atoms with Crippen molar-refractivity contribution in [1.82, 2.24) is 15.1 Å². The molecule has 1 aromatic rings. The highest BCUT2D eigenvalue weighted by Crippen LogP contribution is 2.18. The quantitative estimate of drug-likeness (QED) is 0.872. The fraction of sp³-hybridized carbons (Fsp3) is 0.611. The number of piperazine rings is 1. The topological polar surface area (TPSA) is 44.8 Å². The van der Waals surface area contributed by atoms with Gasteiger partial charge in [-0.1, -0.05) is 12.1 Å². The number of likely N-dealkylation sites (tertiary alicyclic amines) is 1. The van der Waals surface area contributed by atoms with Crippen LogP contribution in [0, 0.1) is 0 Å². The van der Waals surface area contributed by atoms with Gasteiger partial charge in [0.15, 0.2) is 0 Å². The minimum atomic E-state index is 0. The molecule has 2 aliphatic heterocycles. The van der Waals surface area contributed by atoms with Gasteiger partial charge in [-0.15, -0.1) is 12.4 Å². The number of ether oxygens (including phenoxy) is 1. The smallest absolute Gasteiger partial charge is 0.222 e. The van der Waals surface area contributed by atoms with Crippen LogP contribution in [0.1, 0.15) is 18.4 Å². The van der Waals surface area contributed by atoms with E-state index in [0.29, 0.717) is 18.4 Å². The van der Waals surface area contributed by atoms with Gasteiger partial charge in [-0.3, -0.25) is 9.69 Å². The lowest BCUT2D eigenvalue weighted by Gasteiger charge is -2.32. The first-order valence-electron chi connectivity index (χ1n) is 8.62. The van der Waals surface area contributed by atoms with E-state index in [4.69, 9.17) is 4.74 Å². The third-order valence-electron chi connectivity index (χ3n) is 4.97. The normalized spacial score (nSPS) is 21.4. The zero-order chi connectivity index (χ0) is 16.1. The lowest BCUT2D eigenvalue weighted by Crippen LogP contribution is -2.49. The van der Waals surface area contributed by atoms with Crippen LogP contribution in [0.15, 0.2) is 24.3 Å². The van der Waals surface area contributed by atoms with E-state index in [1.54, 1.807) is 7.11 Å². The van der Waals surface area contributed by atoms with E-state index < -0.39 is 0 Å². The summed E-state index contributed by atoms with van der Waals surface area (Å²) in [4.78, 5) is 17.0. The molecule has 24 heavy (non-hydrogen) atoms. The van der Waals surface area contributed by atoms with Crippen molar-refractivity contribution in [3.8, 4) is 5.75 Å². The van der Waals surface area contributed by atoms with Crippen LogP contribution >= 0.6 is 12.4 Å². The summed E-state index contributed by atoms with van der Waals surface area (Å²) >= 11 is 0. The number of hydrogen-bond donors (Lipinski definition) is 1. The van der Waals surface area contributed by atoms with Gasteiger partial charge < -0.3 is 15.0 Å². The van der Waals surface area contributed by atoms with Crippen molar-refractivity contribution in [2.75, 3.05) is 46.4 Å². The highest BCUT2D eigenvalue weighted by atomic mass is 35.5. The third kappa shape index (κ3) is 4.85. The van der Waals surface area contributed by atoms with Crippen LogP contribution in [0.25, 0.3) is 0 Å². The van der Waals surface area contributed by atoms with Crippen LogP contribution in [-0.2, 0) is 11.2 Å². The molecule has 0 saturated carbocycles. The molecule has 5 nitrogen and oxygen atoms in total. The fourth-order valence-electron chi connectivity index (χ4n) is 3.52. The molecule has 2 fully saturated rings. The predicted octanol–water partition coefficient (Wildman–Crippen LogP) is 1.56. The second-order valence-corrected chi connectivity index (χ2v) is 6.42. The Morgan fingerprint density at radius 3 is 2.58 bits per heavy atom. The maximum Gasteiger partial charge on any atom is 0.222 e. The molecule has 6 heteroatoms. The van der Waals surface area contributed by atoms with E-state index in [1.165, 1.54) is 5.56 Å². The first kappa shape index (κ1) is 19.0. The van der Waals surface area contributed by atoms with Crippen LogP contribution in [0.4, 0.5) is 0 Å². The maximum absolute atomic E-state index is 12.4. The Morgan fingerprint density at radius 2 is 1.92 bits per heavy atom. The Bertz CT molecular complexity index is 518. The number of rotatable bonds is 5. The number of aryl methyl sites for hydroxylation is 1. The number of halogens is 1. The lowest BCUT2D eigenvalue weighted by molar-refractivity contribution is -0.130. The zero-order valence-electron chi connectivity index (χ0n) is 14.4. The average Bonchev–Trinajstić information content (AvgIpc) is 3.11. The van der Waals surface area contributed by atoms with Gasteiger partial charge in [-0.05, 0) is 30.5 Å². The SMILES string of the molecule is COc1ccc(CCC(=O)N2CCC(N3CCNCC3)C2)cc1.Cl. The van der Waals surface area contributed by atoms with Gasteiger partial charge in [-0.2, -0.15) is 0 Å². The van der Waals surface area contributed by atoms with Crippen molar-refractivity contribution in [2.24, 2.45) is 0 Å².